The van der Waals surface area contributed by atoms with Gasteiger partial charge in [-0.1, -0.05) is 58.4 Å². The summed E-state index contributed by atoms with van der Waals surface area (Å²) < 4.78 is 39.1. The highest BCUT2D eigenvalue weighted by Gasteiger charge is 2.33. The minimum absolute atomic E-state index is 0.0337. The van der Waals surface area contributed by atoms with Crippen molar-refractivity contribution >= 4 is 43.5 Å². The molecular formula is C28H30BrN3O6S. The van der Waals surface area contributed by atoms with Crippen molar-refractivity contribution in [2.45, 2.75) is 25.9 Å². The zero-order valence-electron chi connectivity index (χ0n) is 21.7. The molecule has 0 radical (unpaired) electrons. The molecule has 206 valence electrons. The molecule has 0 fully saturated rings. The standard InChI is InChI=1S/C28H30BrN3O6S/c1-3-39(35,36)32(23-12-13-25-26(16-23)38-19-37-25)18-27(33)31(17-21-10-7-11-22(29)14-21)24(28(34)30-2)15-20-8-5-4-6-9-20/h4-14,16,24H,3,15,17-19H2,1-2H3,(H,30,34)/t24-/m0/s1. The second-order valence-corrected chi connectivity index (χ2v) is 12.0. The summed E-state index contributed by atoms with van der Waals surface area (Å²) in [5, 5.41) is 2.67. The molecule has 39 heavy (non-hydrogen) atoms. The van der Waals surface area contributed by atoms with E-state index in [2.05, 4.69) is 21.2 Å². The molecule has 3 aromatic carbocycles. The van der Waals surface area contributed by atoms with Gasteiger partial charge in [0.15, 0.2) is 11.5 Å². The Morgan fingerprint density at radius 2 is 1.69 bits per heavy atom. The first-order valence-corrected chi connectivity index (χ1v) is 14.8. The van der Waals surface area contributed by atoms with Crippen LogP contribution in [0.5, 0.6) is 11.5 Å². The number of nitrogens with zero attached hydrogens (tertiary/aromatic N) is 2. The quantitative estimate of drug-likeness (QED) is 0.352. The average Bonchev–Trinajstić information content (AvgIpc) is 3.41. The number of anilines is 1. The summed E-state index contributed by atoms with van der Waals surface area (Å²) in [7, 11) is -2.35. The van der Waals surface area contributed by atoms with Crippen LogP contribution in [0.25, 0.3) is 0 Å². The van der Waals surface area contributed by atoms with Crippen LogP contribution in [0.2, 0.25) is 0 Å². The molecule has 1 heterocycles. The number of amides is 2. The van der Waals surface area contributed by atoms with Gasteiger partial charge in [-0.2, -0.15) is 0 Å². The SMILES string of the molecule is CCS(=O)(=O)N(CC(=O)N(Cc1cccc(Br)c1)[C@@H](Cc1ccccc1)C(=O)NC)c1ccc2c(c1)OCO2. The Morgan fingerprint density at radius 3 is 2.38 bits per heavy atom. The van der Waals surface area contributed by atoms with Crippen LogP contribution in [-0.4, -0.2) is 57.3 Å². The van der Waals surface area contributed by atoms with Crippen molar-refractivity contribution in [3.05, 3.63) is 88.4 Å². The predicted octanol–water partition coefficient (Wildman–Crippen LogP) is 3.72. The van der Waals surface area contributed by atoms with Crippen LogP contribution in [-0.2, 0) is 32.6 Å². The van der Waals surface area contributed by atoms with Crippen molar-refractivity contribution in [1.29, 1.82) is 0 Å². The number of halogens is 1. The smallest absolute Gasteiger partial charge is 0.244 e. The number of likely N-dealkylation sites (N-methyl/N-ethyl adjacent to an activating group) is 1. The molecule has 0 bridgehead atoms. The number of rotatable bonds is 11. The van der Waals surface area contributed by atoms with Gasteiger partial charge in [0.25, 0.3) is 0 Å². The molecular weight excluding hydrogens is 586 g/mol. The fourth-order valence-corrected chi connectivity index (χ4v) is 5.81. The van der Waals surface area contributed by atoms with Crippen LogP contribution in [0.15, 0.2) is 77.3 Å². The topological polar surface area (TPSA) is 105 Å². The summed E-state index contributed by atoms with van der Waals surface area (Å²) in [6.07, 6.45) is 0.255. The summed E-state index contributed by atoms with van der Waals surface area (Å²) in [5.41, 5.74) is 1.93. The van der Waals surface area contributed by atoms with Gasteiger partial charge < -0.3 is 19.7 Å². The van der Waals surface area contributed by atoms with E-state index < -0.39 is 28.5 Å². The number of benzene rings is 3. The normalized spacial score (nSPS) is 13.0. The van der Waals surface area contributed by atoms with E-state index in [0.29, 0.717) is 11.5 Å². The second kappa shape index (κ2) is 12.5. The van der Waals surface area contributed by atoms with Crippen molar-refractivity contribution in [3.63, 3.8) is 0 Å². The van der Waals surface area contributed by atoms with Gasteiger partial charge in [-0.3, -0.25) is 13.9 Å². The number of hydrogen-bond acceptors (Lipinski definition) is 6. The zero-order chi connectivity index (χ0) is 28.0. The second-order valence-electron chi connectivity index (χ2n) is 8.92. The van der Waals surface area contributed by atoms with Gasteiger partial charge in [-0.25, -0.2) is 8.42 Å². The molecule has 0 unspecified atom stereocenters. The third-order valence-electron chi connectivity index (χ3n) is 6.38. The highest BCUT2D eigenvalue weighted by Crippen LogP contribution is 2.36. The largest absolute Gasteiger partial charge is 0.454 e. The van der Waals surface area contributed by atoms with Crippen LogP contribution in [0.1, 0.15) is 18.1 Å². The Kier molecular flexibility index (Phi) is 9.13. The summed E-state index contributed by atoms with van der Waals surface area (Å²) in [6, 6.07) is 20.7. The molecule has 0 aliphatic carbocycles. The van der Waals surface area contributed by atoms with E-state index in [9.17, 15) is 18.0 Å². The molecule has 0 saturated carbocycles. The van der Waals surface area contributed by atoms with Crippen LogP contribution < -0.4 is 19.1 Å². The Labute approximate surface area is 236 Å². The van der Waals surface area contributed by atoms with Crippen LogP contribution in [0, 0.1) is 0 Å². The first kappa shape index (κ1) is 28.4. The van der Waals surface area contributed by atoms with Gasteiger partial charge in [-0.05, 0) is 42.3 Å². The van der Waals surface area contributed by atoms with Crippen molar-refractivity contribution in [2.24, 2.45) is 0 Å². The van der Waals surface area contributed by atoms with Crippen LogP contribution >= 0.6 is 15.9 Å². The average molecular weight is 617 g/mol. The monoisotopic (exact) mass is 615 g/mol. The van der Waals surface area contributed by atoms with Gasteiger partial charge in [0.05, 0.1) is 11.4 Å². The molecule has 4 rings (SSSR count). The van der Waals surface area contributed by atoms with Crippen LogP contribution in [0.3, 0.4) is 0 Å². The van der Waals surface area contributed by atoms with Gasteiger partial charge in [0, 0.05) is 30.6 Å². The van der Waals surface area contributed by atoms with Crippen molar-refractivity contribution in [2.75, 3.05) is 30.4 Å². The van der Waals surface area contributed by atoms with E-state index in [0.717, 1.165) is 19.9 Å². The van der Waals surface area contributed by atoms with Gasteiger partial charge in [-0.15, -0.1) is 0 Å². The molecule has 11 heteroatoms. The number of sulfonamides is 1. The molecule has 1 atom stereocenters. The lowest BCUT2D eigenvalue weighted by atomic mass is 10.0. The molecule has 0 aromatic heterocycles. The molecule has 0 spiro atoms. The molecule has 1 aliphatic heterocycles. The maximum atomic E-state index is 14.0. The summed E-state index contributed by atoms with van der Waals surface area (Å²) in [5.74, 6) is -0.194. The van der Waals surface area contributed by atoms with Gasteiger partial charge >= 0.3 is 0 Å². The Bertz CT molecular complexity index is 1430. The molecule has 3 aromatic rings. The number of nitrogens with one attached hydrogen (secondary N) is 1. The Balaban J connectivity index is 1.73. The maximum Gasteiger partial charge on any atom is 0.244 e. The summed E-state index contributed by atoms with van der Waals surface area (Å²) in [4.78, 5) is 28.7. The van der Waals surface area contributed by atoms with Crippen LogP contribution in [0.4, 0.5) is 5.69 Å². The molecule has 2 amide bonds. The Hall–Kier alpha value is -3.57. The predicted molar refractivity (Wildman–Crippen MR) is 152 cm³/mol. The van der Waals surface area contributed by atoms with E-state index in [1.807, 2.05) is 54.6 Å². The number of carbonyl (C=O) groups is 2. The van der Waals surface area contributed by atoms with E-state index in [4.69, 9.17) is 9.47 Å². The zero-order valence-corrected chi connectivity index (χ0v) is 24.1. The molecule has 0 saturated heterocycles. The van der Waals surface area contributed by atoms with E-state index in [-0.39, 0.29) is 37.1 Å². The fourth-order valence-electron chi connectivity index (χ4n) is 4.31. The summed E-state index contributed by atoms with van der Waals surface area (Å²) >= 11 is 3.46. The first-order valence-electron chi connectivity index (χ1n) is 12.4. The molecule has 1 aliphatic rings. The van der Waals surface area contributed by atoms with Crippen molar-refractivity contribution in [3.8, 4) is 11.5 Å². The third-order valence-corrected chi connectivity index (χ3v) is 8.62. The first-order chi connectivity index (χ1) is 18.7. The Morgan fingerprint density at radius 1 is 0.974 bits per heavy atom. The van der Waals surface area contributed by atoms with Gasteiger partial charge in [0.2, 0.25) is 28.6 Å². The lowest BCUT2D eigenvalue weighted by molar-refractivity contribution is -0.139. The van der Waals surface area contributed by atoms with Gasteiger partial charge in [0.1, 0.15) is 12.6 Å². The third kappa shape index (κ3) is 6.90. The highest BCUT2D eigenvalue weighted by molar-refractivity contribution is 9.10. The lowest BCUT2D eigenvalue weighted by Gasteiger charge is -2.33. The number of ether oxygens (including phenoxy) is 2. The van der Waals surface area contributed by atoms with Crippen molar-refractivity contribution < 1.29 is 27.5 Å². The van der Waals surface area contributed by atoms with E-state index in [1.54, 1.807) is 18.2 Å². The maximum absolute atomic E-state index is 14.0. The van der Waals surface area contributed by atoms with E-state index in [1.165, 1.54) is 18.9 Å². The van der Waals surface area contributed by atoms with Crippen molar-refractivity contribution in [1.82, 2.24) is 10.2 Å². The molecule has 9 nitrogen and oxygen atoms in total. The number of carbonyl (C=O) groups excluding carboxylic acids is 2. The highest BCUT2D eigenvalue weighted by atomic mass is 79.9. The van der Waals surface area contributed by atoms with E-state index >= 15 is 0 Å². The lowest BCUT2D eigenvalue weighted by Crippen LogP contribution is -2.53. The minimum atomic E-state index is -3.87. The fraction of sp³-hybridized carbons (Fsp3) is 0.286. The number of hydrogen-bond donors (Lipinski definition) is 1. The minimum Gasteiger partial charge on any atom is -0.454 e. The number of fused-ring (bicyclic) bond motifs is 1. The summed E-state index contributed by atoms with van der Waals surface area (Å²) in [6.45, 7) is 1.16. The molecule has 1 N–H and O–H groups in total.